The number of carbonyl (C=O) groups excluding carboxylic acids is 1. The number of carbonyl (C=O) groups is 1. The van der Waals surface area contributed by atoms with E-state index >= 15 is 0 Å². The lowest BCUT2D eigenvalue weighted by Gasteiger charge is -2.25. The summed E-state index contributed by atoms with van der Waals surface area (Å²) in [6, 6.07) is 9.50. The minimum Gasteiger partial charge on any atom is -0.315 e. The molecule has 2 N–H and O–H groups in total. The fourth-order valence-electron chi connectivity index (χ4n) is 1.39. The summed E-state index contributed by atoms with van der Waals surface area (Å²) in [4.78, 5) is 11.4. The van der Waals surface area contributed by atoms with Crippen molar-refractivity contribution in [1.29, 1.82) is 0 Å². The van der Waals surface area contributed by atoms with E-state index in [0.29, 0.717) is 6.42 Å². The minimum atomic E-state index is -0.804. The van der Waals surface area contributed by atoms with Gasteiger partial charge in [0.25, 0.3) is 0 Å². The highest BCUT2D eigenvalue weighted by Gasteiger charge is 2.29. The van der Waals surface area contributed by atoms with Gasteiger partial charge in [0.05, 0.1) is 5.54 Å². The maximum Gasteiger partial charge on any atom is 0.154 e. The van der Waals surface area contributed by atoms with Crippen LogP contribution in [0.15, 0.2) is 30.3 Å². The van der Waals surface area contributed by atoms with E-state index in [4.69, 9.17) is 5.73 Å². The Labute approximate surface area is 78.8 Å². The average molecular weight is 177 g/mol. The Morgan fingerprint density at radius 2 is 1.92 bits per heavy atom. The Bertz CT molecular complexity index is 294. The third-order valence-electron chi connectivity index (χ3n) is 2.47. The third kappa shape index (κ3) is 1.78. The van der Waals surface area contributed by atoms with Crippen molar-refractivity contribution in [3.63, 3.8) is 0 Å². The minimum absolute atomic E-state index is 0.0150. The topological polar surface area (TPSA) is 43.1 Å². The van der Waals surface area contributed by atoms with Crippen LogP contribution in [0.1, 0.15) is 25.8 Å². The first-order valence-electron chi connectivity index (χ1n) is 4.46. The second-order valence-corrected chi connectivity index (χ2v) is 3.25. The first-order valence-corrected chi connectivity index (χ1v) is 4.46. The highest BCUT2D eigenvalue weighted by atomic mass is 16.1. The number of hydrogen-bond donors (Lipinski definition) is 1. The van der Waals surface area contributed by atoms with Crippen molar-refractivity contribution in [2.45, 2.75) is 25.8 Å². The van der Waals surface area contributed by atoms with Crippen LogP contribution < -0.4 is 5.73 Å². The summed E-state index contributed by atoms with van der Waals surface area (Å²) >= 11 is 0. The van der Waals surface area contributed by atoms with E-state index in [9.17, 15) is 4.79 Å². The molecule has 1 aromatic carbocycles. The monoisotopic (exact) mass is 177 g/mol. The molecule has 1 aromatic rings. The molecule has 13 heavy (non-hydrogen) atoms. The Hall–Kier alpha value is -1.15. The highest BCUT2D eigenvalue weighted by molar-refractivity contribution is 5.87. The lowest BCUT2D eigenvalue weighted by Crippen LogP contribution is -2.42. The van der Waals surface area contributed by atoms with Gasteiger partial charge in [0.2, 0.25) is 0 Å². The maximum atomic E-state index is 11.4. The van der Waals surface area contributed by atoms with Crippen LogP contribution in [0.2, 0.25) is 0 Å². The average Bonchev–Trinajstić information content (AvgIpc) is 2.17. The second kappa shape index (κ2) is 3.71. The molecule has 0 heterocycles. The van der Waals surface area contributed by atoms with E-state index in [2.05, 4.69) is 0 Å². The molecule has 0 aliphatic carbocycles. The van der Waals surface area contributed by atoms with E-state index in [-0.39, 0.29) is 5.78 Å². The number of Topliss-reactive ketones (excluding diaryl/α,β-unsaturated/α-hetero) is 1. The number of ketones is 1. The number of benzene rings is 1. The van der Waals surface area contributed by atoms with Crippen LogP contribution in [0, 0.1) is 0 Å². The van der Waals surface area contributed by atoms with E-state index in [1.807, 2.05) is 37.3 Å². The number of hydrogen-bond acceptors (Lipinski definition) is 2. The zero-order valence-electron chi connectivity index (χ0n) is 8.08. The summed E-state index contributed by atoms with van der Waals surface area (Å²) in [6.45, 7) is 3.46. The Morgan fingerprint density at radius 1 is 1.38 bits per heavy atom. The van der Waals surface area contributed by atoms with E-state index in [0.717, 1.165) is 5.56 Å². The zero-order valence-corrected chi connectivity index (χ0v) is 8.08. The van der Waals surface area contributed by atoms with Crippen molar-refractivity contribution in [3.05, 3.63) is 35.9 Å². The fourth-order valence-corrected chi connectivity index (χ4v) is 1.39. The SMILES string of the molecule is CCC(N)(C(C)=O)c1ccccc1. The predicted molar refractivity (Wildman–Crippen MR) is 53.3 cm³/mol. The van der Waals surface area contributed by atoms with Gasteiger partial charge < -0.3 is 5.73 Å². The molecular formula is C11H15NO. The predicted octanol–water partition coefficient (Wildman–Crippen LogP) is 1.84. The second-order valence-electron chi connectivity index (χ2n) is 3.25. The fraction of sp³-hybridized carbons (Fsp3) is 0.364. The smallest absolute Gasteiger partial charge is 0.154 e. The van der Waals surface area contributed by atoms with Gasteiger partial charge in [-0.05, 0) is 18.9 Å². The number of nitrogens with two attached hydrogens (primary N) is 1. The molecular weight excluding hydrogens is 162 g/mol. The van der Waals surface area contributed by atoms with Gasteiger partial charge in [-0.15, -0.1) is 0 Å². The van der Waals surface area contributed by atoms with Gasteiger partial charge in [0, 0.05) is 0 Å². The standard InChI is InChI=1S/C11H15NO/c1-3-11(12,9(2)13)10-7-5-4-6-8-10/h4-8H,3,12H2,1-2H3. The van der Waals surface area contributed by atoms with Gasteiger partial charge in [0.15, 0.2) is 5.78 Å². The molecule has 2 heteroatoms. The van der Waals surface area contributed by atoms with Crippen LogP contribution in [-0.4, -0.2) is 5.78 Å². The molecule has 0 fully saturated rings. The summed E-state index contributed by atoms with van der Waals surface area (Å²) in [7, 11) is 0. The third-order valence-corrected chi connectivity index (χ3v) is 2.47. The van der Waals surface area contributed by atoms with E-state index < -0.39 is 5.54 Å². The zero-order chi connectivity index (χ0) is 9.90. The molecule has 0 aromatic heterocycles. The number of rotatable bonds is 3. The van der Waals surface area contributed by atoms with Gasteiger partial charge in [-0.3, -0.25) is 4.79 Å². The molecule has 1 rings (SSSR count). The Balaban J connectivity index is 3.11. The Morgan fingerprint density at radius 3 is 2.31 bits per heavy atom. The van der Waals surface area contributed by atoms with E-state index in [1.165, 1.54) is 6.92 Å². The van der Waals surface area contributed by atoms with Crippen molar-refractivity contribution in [2.75, 3.05) is 0 Å². The largest absolute Gasteiger partial charge is 0.315 e. The van der Waals surface area contributed by atoms with Crippen molar-refractivity contribution >= 4 is 5.78 Å². The molecule has 0 aliphatic rings. The van der Waals surface area contributed by atoms with Crippen molar-refractivity contribution in [1.82, 2.24) is 0 Å². The van der Waals surface area contributed by atoms with Crippen LogP contribution in [0.4, 0.5) is 0 Å². The molecule has 0 radical (unpaired) electrons. The quantitative estimate of drug-likeness (QED) is 0.765. The highest BCUT2D eigenvalue weighted by Crippen LogP contribution is 2.22. The molecule has 1 unspecified atom stereocenters. The molecule has 70 valence electrons. The summed E-state index contributed by atoms with van der Waals surface area (Å²) in [5.41, 5.74) is 6.10. The molecule has 0 saturated carbocycles. The van der Waals surface area contributed by atoms with Gasteiger partial charge in [-0.2, -0.15) is 0 Å². The lowest BCUT2D eigenvalue weighted by molar-refractivity contribution is -0.122. The first-order chi connectivity index (χ1) is 6.11. The summed E-state index contributed by atoms with van der Waals surface area (Å²) < 4.78 is 0. The van der Waals surface area contributed by atoms with Crippen LogP contribution in [-0.2, 0) is 10.3 Å². The van der Waals surface area contributed by atoms with Crippen molar-refractivity contribution < 1.29 is 4.79 Å². The molecule has 0 saturated heterocycles. The van der Waals surface area contributed by atoms with Gasteiger partial charge in [-0.1, -0.05) is 37.3 Å². The molecule has 0 spiro atoms. The Kier molecular flexibility index (Phi) is 2.83. The first kappa shape index (κ1) is 9.93. The summed E-state index contributed by atoms with van der Waals surface area (Å²) in [5, 5.41) is 0. The molecule has 1 atom stereocenters. The molecule has 0 amide bonds. The molecule has 2 nitrogen and oxygen atoms in total. The van der Waals surface area contributed by atoms with Gasteiger partial charge >= 0.3 is 0 Å². The van der Waals surface area contributed by atoms with Crippen molar-refractivity contribution in [2.24, 2.45) is 5.73 Å². The van der Waals surface area contributed by atoms with Gasteiger partial charge in [-0.25, -0.2) is 0 Å². The molecule has 0 aliphatic heterocycles. The van der Waals surface area contributed by atoms with Crippen molar-refractivity contribution in [3.8, 4) is 0 Å². The maximum absolute atomic E-state index is 11.4. The van der Waals surface area contributed by atoms with Crippen LogP contribution in [0.5, 0.6) is 0 Å². The van der Waals surface area contributed by atoms with Crippen LogP contribution in [0.3, 0.4) is 0 Å². The lowest BCUT2D eigenvalue weighted by atomic mass is 9.85. The van der Waals surface area contributed by atoms with Crippen LogP contribution in [0.25, 0.3) is 0 Å². The van der Waals surface area contributed by atoms with Crippen LogP contribution >= 0.6 is 0 Å². The summed E-state index contributed by atoms with van der Waals surface area (Å²) in [5.74, 6) is 0.0150. The molecule has 0 bridgehead atoms. The summed E-state index contributed by atoms with van der Waals surface area (Å²) in [6.07, 6.45) is 0.631. The van der Waals surface area contributed by atoms with Gasteiger partial charge in [0.1, 0.15) is 0 Å². The normalized spacial score (nSPS) is 15.0. The van der Waals surface area contributed by atoms with E-state index in [1.54, 1.807) is 0 Å².